The monoisotopic (exact) mass is 742 g/mol. The van der Waals surface area contributed by atoms with Crippen molar-refractivity contribution in [3.63, 3.8) is 0 Å². The fourth-order valence-electron chi connectivity index (χ4n) is 8.48. The first-order valence-corrected chi connectivity index (χ1v) is 18.3. The smallest absolute Gasteiger partial charge is 0.454 e. The molecular weight excluding hydrogens is 695 g/mol. The van der Waals surface area contributed by atoms with Crippen LogP contribution in [-0.4, -0.2) is 87.9 Å². The summed E-state index contributed by atoms with van der Waals surface area (Å²) in [4.78, 5) is 29.4. The Hall–Kier alpha value is -4.19. The quantitative estimate of drug-likeness (QED) is 0.201. The summed E-state index contributed by atoms with van der Waals surface area (Å²) in [6.07, 6.45) is 0.497. The Balaban J connectivity index is 1.30. The molecule has 0 bridgehead atoms. The molecule has 2 fully saturated rings. The fraction of sp³-hybridized carbons (Fsp3) is 0.525. The lowest BCUT2D eigenvalue weighted by molar-refractivity contribution is -0.287. The number of methoxy groups -OCH3 is 1. The van der Waals surface area contributed by atoms with Crippen LogP contribution in [-0.2, 0) is 26.1 Å². The van der Waals surface area contributed by atoms with Gasteiger partial charge in [-0.1, -0.05) is 18.2 Å². The van der Waals surface area contributed by atoms with Crippen LogP contribution >= 0.6 is 0 Å². The molecule has 0 saturated carbocycles. The molecule has 2 N–H and O–H groups in total. The minimum Gasteiger partial charge on any atom is -0.496 e. The van der Waals surface area contributed by atoms with Crippen molar-refractivity contribution < 1.29 is 41.0 Å². The molecule has 4 aliphatic rings. The van der Waals surface area contributed by atoms with Gasteiger partial charge in [0.15, 0.2) is 5.94 Å². The maximum atomic E-state index is 14.1. The number of nitrogens with one attached hydrogen (secondary N) is 2. The predicted molar refractivity (Wildman–Crippen MR) is 193 cm³/mol. The second-order valence-electron chi connectivity index (χ2n) is 14.6. The van der Waals surface area contributed by atoms with Crippen LogP contribution in [0.3, 0.4) is 0 Å². The third-order valence-electron chi connectivity index (χ3n) is 11.5. The highest BCUT2D eigenvalue weighted by Crippen LogP contribution is 2.48. The number of benzene rings is 2. The lowest BCUT2D eigenvalue weighted by Gasteiger charge is -2.41. The van der Waals surface area contributed by atoms with Crippen LogP contribution in [0.5, 0.6) is 0 Å². The largest absolute Gasteiger partial charge is 0.496 e. The van der Waals surface area contributed by atoms with E-state index in [2.05, 4.69) is 40.7 Å². The van der Waals surface area contributed by atoms with Crippen LogP contribution < -0.4 is 15.5 Å². The zero-order valence-electron chi connectivity index (χ0n) is 30.7. The van der Waals surface area contributed by atoms with E-state index < -0.39 is 18.6 Å². The first kappa shape index (κ1) is 38.5. The number of fused-ring (bicyclic) bond motifs is 2. The number of hydrogen-bond donors (Lipinski definition) is 2. The summed E-state index contributed by atoms with van der Waals surface area (Å²) in [5.41, 5.74) is 7.44. The Labute approximate surface area is 307 Å². The maximum absolute atomic E-state index is 14.1. The highest BCUT2D eigenvalue weighted by Gasteiger charge is 2.58. The molecular formula is C40H47F5N4O4. The van der Waals surface area contributed by atoms with Gasteiger partial charge in [0.2, 0.25) is 0 Å². The Kier molecular flexibility index (Phi) is 11.1. The second-order valence-corrected chi connectivity index (χ2v) is 14.6. The number of rotatable bonds is 10. The van der Waals surface area contributed by atoms with Gasteiger partial charge in [0.1, 0.15) is 11.5 Å². The Morgan fingerprint density at radius 3 is 2.43 bits per heavy atom. The minimum atomic E-state index is -5.57. The van der Waals surface area contributed by atoms with Crippen molar-refractivity contribution in [1.29, 1.82) is 0 Å². The van der Waals surface area contributed by atoms with Gasteiger partial charge >= 0.3 is 12.1 Å². The molecule has 2 aromatic carbocycles. The first-order valence-electron chi connectivity index (χ1n) is 18.3. The van der Waals surface area contributed by atoms with E-state index in [1.54, 1.807) is 13.0 Å². The van der Waals surface area contributed by atoms with Gasteiger partial charge in [-0.2, -0.15) is 22.0 Å². The third kappa shape index (κ3) is 7.75. The van der Waals surface area contributed by atoms with Gasteiger partial charge in [0.05, 0.1) is 13.7 Å². The second kappa shape index (κ2) is 15.3. The zero-order chi connectivity index (χ0) is 38.1. The van der Waals surface area contributed by atoms with E-state index in [-0.39, 0.29) is 42.7 Å². The van der Waals surface area contributed by atoms with Crippen LogP contribution in [0.1, 0.15) is 73.0 Å². The van der Waals surface area contributed by atoms with Crippen molar-refractivity contribution in [2.75, 3.05) is 57.9 Å². The zero-order valence-corrected chi connectivity index (χ0v) is 30.7. The van der Waals surface area contributed by atoms with Crippen molar-refractivity contribution in [2.24, 2.45) is 0 Å². The van der Waals surface area contributed by atoms with Crippen molar-refractivity contribution in [3.05, 3.63) is 81.4 Å². The van der Waals surface area contributed by atoms with Gasteiger partial charge in [-0.3, -0.25) is 9.69 Å². The third-order valence-corrected chi connectivity index (χ3v) is 11.5. The average molecular weight is 743 g/mol. The summed E-state index contributed by atoms with van der Waals surface area (Å²) in [6, 6.07) is 10.5. The number of anilines is 1. The van der Waals surface area contributed by atoms with E-state index >= 15 is 0 Å². The summed E-state index contributed by atoms with van der Waals surface area (Å²) >= 11 is 0. The Bertz CT molecular complexity index is 1830. The number of aryl methyl sites for hydroxylation is 1. The molecule has 13 heteroatoms. The van der Waals surface area contributed by atoms with Gasteiger partial charge < -0.3 is 25.0 Å². The number of carbonyl (C=O) groups excluding carboxylic acids is 2. The van der Waals surface area contributed by atoms with E-state index in [9.17, 15) is 31.5 Å². The molecule has 1 aliphatic carbocycles. The average Bonchev–Trinajstić information content (AvgIpc) is 3.49. The standard InChI is InChI=1S/C40H47F5N4O4/c1-5-49(30-9-16-53-17-10-30)35-21-29(20-31(26(35)3)37(51)46-22-32-34(23-50)47-25(2)18-36(32)52-4)27-6-7-33-28(19-27)8-11-38(33)12-14-48(15-13-38)24-39(41,42)40(43,44)45/h6-7,18-21,30,47H,5,8-17,22,24H2,1-4H3,(H,46,51). The van der Waals surface area contributed by atoms with Crippen LogP contribution in [0.2, 0.25) is 0 Å². The lowest BCUT2D eigenvalue weighted by atomic mass is 9.73. The molecule has 0 atom stereocenters. The van der Waals surface area contributed by atoms with E-state index in [4.69, 9.17) is 9.47 Å². The summed E-state index contributed by atoms with van der Waals surface area (Å²) in [5, 5.41) is 5.99. The van der Waals surface area contributed by atoms with Gasteiger partial charge in [0, 0.05) is 54.9 Å². The highest BCUT2D eigenvalue weighted by molar-refractivity contribution is 5.99. The molecule has 1 spiro atoms. The van der Waals surface area contributed by atoms with Crippen LogP contribution in [0.25, 0.3) is 11.1 Å². The summed E-state index contributed by atoms with van der Waals surface area (Å²) < 4.78 is 77.4. The van der Waals surface area contributed by atoms with Crippen molar-refractivity contribution in [1.82, 2.24) is 15.5 Å². The molecule has 1 amide bonds. The first-order chi connectivity index (χ1) is 25.2. The SMILES string of the molecule is CCN(c1cc(-c2ccc3c(c2)CCC32CCN(CC(F)(F)C(F)(F)F)CC2)cc(C(=O)NCC2=C(OC)C=C(C)NC2=C=O)c1C)C1CCOCC1. The fourth-order valence-corrected chi connectivity index (χ4v) is 8.48. The Morgan fingerprint density at radius 1 is 1.08 bits per heavy atom. The molecule has 0 unspecified atom stereocenters. The minimum absolute atomic E-state index is 0.0338. The number of piperidine rings is 1. The molecule has 2 aromatic rings. The maximum Gasteiger partial charge on any atom is 0.454 e. The van der Waals surface area contributed by atoms with Crippen LogP contribution in [0, 0.1) is 6.92 Å². The highest BCUT2D eigenvalue weighted by atomic mass is 19.4. The molecule has 3 aliphatic heterocycles. The van der Waals surface area contributed by atoms with E-state index in [1.807, 2.05) is 25.0 Å². The molecule has 286 valence electrons. The summed E-state index contributed by atoms with van der Waals surface area (Å²) in [6.45, 7) is 6.95. The summed E-state index contributed by atoms with van der Waals surface area (Å²) in [5.74, 6) is -2.68. The number of alkyl halides is 5. The van der Waals surface area contributed by atoms with Crippen molar-refractivity contribution in [3.8, 4) is 11.1 Å². The molecule has 2 saturated heterocycles. The van der Waals surface area contributed by atoms with E-state index in [0.717, 1.165) is 65.7 Å². The van der Waals surface area contributed by atoms with Gasteiger partial charge in [0.25, 0.3) is 5.91 Å². The molecule has 0 aromatic heterocycles. The molecule has 3 heterocycles. The topological polar surface area (TPSA) is 83.1 Å². The number of likely N-dealkylation sites (tertiary alicyclic amines) is 1. The summed E-state index contributed by atoms with van der Waals surface area (Å²) in [7, 11) is 1.51. The number of dihydropyridines is 1. The number of amides is 1. The van der Waals surface area contributed by atoms with Crippen LogP contribution in [0.4, 0.5) is 27.6 Å². The van der Waals surface area contributed by atoms with E-state index in [0.29, 0.717) is 48.6 Å². The number of hydrogen-bond acceptors (Lipinski definition) is 7. The van der Waals surface area contributed by atoms with Crippen LogP contribution in [0.15, 0.2) is 59.1 Å². The number of ether oxygens (including phenoxy) is 2. The van der Waals surface area contributed by atoms with Crippen molar-refractivity contribution in [2.45, 2.75) is 82.9 Å². The molecule has 53 heavy (non-hydrogen) atoms. The number of nitrogens with zero attached hydrogens (tertiary/aromatic N) is 2. The number of carbonyl (C=O) groups is 1. The predicted octanol–water partition coefficient (Wildman–Crippen LogP) is 7.00. The van der Waals surface area contributed by atoms with Gasteiger partial charge in [-0.05, 0) is 124 Å². The molecule has 6 rings (SSSR count). The molecule has 8 nitrogen and oxygen atoms in total. The Morgan fingerprint density at radius 2 is 1.79 bits per heavy atom. The number of allylic oxidation sites excluding steroid dienone is 2. The van der Waals surface area contributed by atoms with E-state index in [1.165, 1.54) is 12.0 Å². The van der Waals surface area contributed by atoms with Crippen molar-refractivity contribution >= 4 is 17.5 Å². The van der Waals surface area contributed by atoms with Gasteiger partial charge in [-0.15, -0.1) is 0 Å². The number of halogens is 5. The molecule has 0 radical (unpaired) electrons. The normalized spacial score (nSPS) is 19.4. The lowest BCUT2D eigenvalue weighted by Crippen LogP contribution is -2.51. The van der Waals surface area contributed by atoms with Gasteiger partial charge in [-0.25, -0.2) is 4.79 Å².